The molecule has 2 aliphatic heterocycles. The third kappa shape index (κ3) is 3.95. The van der Waals surface area contributed by atoms with E-state index >= 15 is 0 Å². The van der Waals surface area contributed by atoms with E-state index in [9.17, 15) is 9.59 Å². The highest BCUT2D eigenvalue weighted by Crippen LogP contribution is 2.24. The van der Waals surface area contributed by atoms with E-state index in [-0.39, 0.29) is 24.0 Å². The van der Waals surface area contributed by atoms with Crippen LogP contribution in [0, 0.1) is 0 Å². The number of nitrogens with zero attached hydrogens (tertiary/aromatic N) is 3. The molecule has 9 heteroatoms. The summed E-state index contributed by atoms with van der Waals surface area (Å²) in [5, 5.41) is 6.96. The zero-order valence-electron chi connectivity index (χ0n) is 16.1. The van der Waals surface area contributed by atoms with Gasteiger partial charge < -0.3 is 24.1 Å². The number of aromatic nitrogens is 2. The molecule has 0 aromatic carbocycles. The third-order valence-electron chi connectivity index (χ3n) is 4.91. The summed E-state index contributed by atoms with van der Waals surface area (Å²) in [7, 11) is 0. The molecule has 2 aromatic heterocycles. The molecule has 4 heterocycles. The van der Waals surface area contributed by atoms with E-state index in [2.05, 4.69) is 10.4 Å². The van der Waals surface area contributed by atoms with Gasteiger partial charge in [0.1, 0.15) is 6.54 Å². The van der Waals surface area contributed by atoms with Crippen molar-refractivity contribution in [1.29, 1.82) is 0 Å². The summed E-state index contributed by atoms with van der Waals surface area (Å²) in [6, 6.07) is 0. The lowest BCUT2D eigenvalue weighted by atomic mass is 10.1. The number of morpholine rings is 1. The number of amides is 2. The average Bonchev–Trinajstić information content (AvgIpc) is 3.27. The van der Waals surface area contributed by atoms with Crippen molar-refractivity contribution in [3.05, 3.63) is 35.5 Å². The molecule has 150 valence electrons. The first-order valence-electron chi connectivity index (χ1n) is 9.34. The smallest absolute Gasteiger partial charge is 0.291 e. The topological polar surface area (TPSA) is 98.8 Å². The maximum atomic E-state index is 12.5. The Bertz CT molecular complexity index is 885. The molecule has 0 radical (unpaired) electrons. The quantitative estimate of drug-likeness (QED) is 0.851. The zero-order chi connectivity index (χ0) is 19.7. The Morgan fingerprint density at radius 2 is 2.18 bits per heavy atom. The molecular formula is C19H24N4O5. The highest BCUT2D eigenvalue weighted by atomic mass is 16.5. The first-order valence-corrected chi connectivity index (χ1v) is 9.34. The number of carbonyl (C=O) groups is 2. The number of rotatable bonds is 4. The van der Waals surface area contributed by atoms with Gasteiger partial charge in [-0.25, -0.2) is 0 Å². The Balaban J connectivity index is 1.37. The number of fused-ring (bicyclic) bond motifs is 1. The number of nitrogens with one attached hydrogen (secondary N) is 1. The molecule has 9 nitrogen and oxygen atoms in total. The van der Waals surface area contributed by atoms with Crippen LogP contribution in [0.2, 0.25) is 0 Å². The molecule has 2 aromatic rings. The Hall–Kier alpha value is -2.65. The number of furan rings is 1. The van der Waals surface area contributed by atoms with E-state index in [1.165, 1.54) is 10.9 Å². The minimum Gasteiger partial charge on any atom is -0.458 e. The van der Waals surface area contributed by atoms with Crippen LogP contribution >= 0.6 is 0 Å². The monoisotopic (exact) mass is 388 g/mol. The molecule has 28 heavy (non-hydrogen) atoms. The fraction of sp³-hybridized carbons (Fsp3) is 0.526. The van der Waals surface area contributed by atoms with Crippen molar-refractivity contribution in [3.8, 4) is 0 Å². The summed E-state index contributed by atoms with van der Waals surface area (Å²) in [6.07, 6.45) is 5.38. The maximum Gasteiger partial charge on any atom is 0.291 e. The molecule has 4 rings (SSSR count). The Kier molecular flexibility index (Phi) is 4.94. The lowest BCUT2D eigenvalue weighted by Crippen LogP contribution is -2.51. The first kappa shape index (κ1) is 18.7. The van der Waals surface area contributed by atoms with Crippen LogP contribution in [-0.4, -0.2) is 58.4 Å². The van der Waals surface area contributed by atoms with Crippen LogP contribution in [-0.2, 0) is 33.8 Å². The standard InChI is InChI=1S/C19H24N4O5/c1-19(2)12-22(4-6-28-19)16(24)9-23-8-14(7-20-23)21-18(25)17-15-3-5-26-10-13(15)11-27-17/h7-8,11H,3-6,9-10,12H2,1-2H3,(H,21,25). The second-order valence-electron chi connectivity index (χ2n) is 7.68. The number of carbonyl (C=O) groups excluding carboxylic acids is 2. The molecule has 0 atom stereocenters. The van der Waals surface area contributed by atoms with Crippen LogP contribution in [0.3, 0.4) is 0 Å². The first-order chi connectivity index (χ1) is 13.4. The molecule has 1 fully saturated rings. The van der Waals surface area contributed by atoms with Gasteiger partial charge in [-0.3, -0.25) is 14.3 Å². The fourth-order valence-electron chi connectivity index (χ4n) is 3.53. The highest BCUT2D eigenvalue weighted by molar-refractivity contribution is 6.03. The van der Waals surface area contributed by atoms with E-state index in [1.54, 1.807) is 17.4 Å². The zero-order valence-corrected chi connectivity index (χ0v) is 16.1. The molecule has 2 aliphatic rings. The highest BCUT2D eigenvalue weighted by Gasteiger charge is 2.30. The Morgan fingerprint density at radius 1 is 1.32 bits per heavy atom. The minimum absolute atomic E-state index is 0.0301. The van der Waals surface area contributed by atoms with Crippen LogP contribution in [0.4, 0.5) is 5.69 Å². The lowest BCUT2D eigenvalue weighted by molar-refractivity contribution is -0.146. The van der Waals surface area contributed by atoms with Gasteiger partial charge in [0.25, 0.3) is 5.91 Å². The van der Waals surface area contributed by atoms with Gasteiger partial charge in [-0.1, -0.05) is 0 Å². The molecule has 1 saturated heterocycles. The van der Waals surface area contributed by atoms with Crippen molar-refractivity contribution in [1.82, 2.24) is 14.7 Å². The summed E-state index contributed by atoms with van der Waals surface area (Å²) >= 11 is 0. The van der Waals surface area contributed by atoms with E-state index in [0.717, 1.165) is 11.1 Å². The van der Waals surface area contributed by atoms with Crippen molar-refractivity contribution in [2.75, 3.05) is 31.6 Å². The van der Waals surface area contributed by atoms with Gasteiger partial charge in [0.15, 0.2) is 5.76 Å². The van der Waals surface area contributed by atoms with Crippen LogP contribution in [0.5, 0.6) is 0 Å². The van der Waals surface area contributed by atoms with E-state index in [1.807, 2.05) is 13.8 Å². The number of ether oxygens (including phenoxy) is 2. The molecule has 0 aliphatic carbocycles. The van der Waals surface area contributed by atoms with E-state index < -0.39 is 0 Å². The van der Waals surface area contributed by atoms with Crippen LogP contribution in [0.15, 0.2) is 23.1 Å². The van der Waals surface area contributed by atoms with Crippen LogP contribution in [0.1, 0.15) is 35.5 Å². The van der Waals surface area contributed by atoms with Gasteiger partial charge in [0, 0.05) is 36.8 Å². The molecular weight excluding hydrogens is 364 g/mol. The van der Waals surface area contributed by atoms with Crippen molar-refractivity contribution in [2.45, 2.75) is 39.0 Å². The van der Waals surface area contributed by atoms with Gasteiger partial charge in [-0.2, -0.15) is 5.10 Å². The molecule has 1 N–H and O–H groups in total. The Morgan fingerprint density at radius 3 is 3.00 bits per heavy atom. The van der Waals surface area contributed by atoms with Gasteiger partial charge >= 0.3 is 0 Å². The third-order valence-corrected chi connectivity index (χ3v) is 4.91. The van der Waals surface area contributed by atoms with Gasteiger partial charge in [0.2, 0.25) is 5.91 Å². The van der Waals surface area contributed by atoms with Crippen molar-refractivity contribution in [3.63, 3.8) is 0 Å². The van der Waals surface area contributed by atoms with Crippen LogP contribution < -0.4 is 5.32 Å². The summed E-state index contributed by atoms with van der Waals surface area (Å²) in [4.78, 5) is 26.8. The average molecular weight is 388 g/mol. The second kappa shape index (κ2) is 7.40. The number of hydrogen-bond acceptors (Lipinski definition) is 6. The molecule has 0 unspecified atom stereocenters. The Labute approximate surface area is 162 Å². The largest absolute Gasteiger partial charge is 0.458 e. The van der Waals surface area contributed by atoms with Gasteiger partial charge in [-0.05, 0) is 13.8 Å². The van der Waals surface area contributed by atoms with Gasteiger partial charge in [0.05, 0.1) is 43.6 Å². The second-order valence-corrected chi connectivity index (χ2v) is 7.68. The van der Waals surface area contributed by atoms with Crippen molar-refractivity contribution in [2.24, 2.45) is 0 Å². The predicted molar refractivity (Wildman–Crippen MR) is 98.9 cm³/mol. The summed E-state index contributed by atoms with van der Waals surface area (Å²) in [6.45, 7) is 6.72. The van der Waals surface area contributed by atoms with Crippen LogP contribution in [0.25, 0.3) is 0 Å². The van der Waals surface area contributed by atoms with Crippen molar-refractivity contribution >= 4 is 17.5 Å². The number of hydrogen-bond donors (Lipinski definition) is 1. The SMILES string of the molecule is CC1(C)CN(C(=O)Cn2cc(NC(=O)c3occ4c3CCOC4)cn2)CCO1. The summed E-state index contributed by atoms with van der Waals surface area (Å²) < 4.78 is 17.9. The maximum absolute atomic E-state index is 12.5. The van der Waals surface area contributed by atoms with Crippen molar-refractivity contribution < 1.29 is 23.5 Å². The molecule has 0 saturated carbocycles. The van der Waals surface area contributed by atoms with Gasteiger partial charge in [-0.15, -0.1) is 0 Å². The minimum atomic E-state index is -0.343. The number of anilines is 1. The summed E-state index contributed by atoms with van der Waals surface area (Å²) in [5.41, 5.74) is 1.97. The molecule has 0 bridgehead atoms. The fourth-order valence-corrected chi connectivity index (χ4v) is 3.53. The predicted octanol–water partition coefficient (Wildman–Crippen LogP) is 1.44. The lowest BCUT2D eigenvalue weighted by Gasteiger charge is -2.38. The molecule has 0 spiro atoms. The normalized spacial score (nSPS) is 18.6. The summed E-state index contributed by atoms with van der Waals surface area (Å²) in [5.74, 6) is -0.0564. The van der Waals surface area contributed by atoms with E-state index in [4.69, 9.17) is 13.9 Å². The van der Waals surface area contributed by atoms with E-state index in [0.29, 0.717) is 50.8 Å². The molecule has 2 amide bonds.